The van der Waals surface area contributed by atoms with Crippen LogP contribution in [0, 0.1) is 6.92 Å². The van der Waals surface area contributed by atoms with Gasteiger partial charge in [-0.1, -0.05) is 23.4 Å². The number of nitrogens with zero attached hydrogens (tertiary/aromatic N) is 2. The first kappa shape index (κ1) is 18.3. The molecule has 0 radical (unpaired) electrons. The molecule has 0 spiro atoms. The third-order valence-electron chi connectivity index (χ3n) is 3.45. The lowest BCUT2D eigenvalue weighted by molar-refractivity contribution is -0.133. The summed E-state index contributed by atoms with van der Waals surface area (Å²) in [5.74, 6) is 1.12. The van der Waals surface area contributed by atoms with E-state index in [9.17, 15) is 9.59 Å². The lowest BCUT2D eigenvalue weighted by Gasteiger charge is -2.20. The number of aryl methyl sites for hydroxylation is 1. The van der Waals surface area contributed by atoms with Crippen LogP contribution in [0.4, 0.5) is 5.82 Å². The summed E-state index contributed by atoms with van der Waals surface area (Å²) in [5.41, 5.74) is 0.840. The fraction of sp³-hybridized carbons (Fsp3) is 0.278. The molecule has 0 unspecified atom stereocenters. The van der Waals surface area contributed by atoms with Crippen molar-refractivity contribution in [3.8, 4) is 5.75 Å². The molecule has 0 saturated carbocycles. The van der Waals surface area contributed by atoms with Crippen molar-refractivity contribution in [2.24, 2.45) is 0 Å². The van der Waals surface area contributed by atoms with Crippen LogP contribution >= 0.6 is 0 Å². The van der Waals surface area contributed by atoms with Gasteiger partial charge in [-0.3, -0.25) is 9.59 Å². The van der Waals surface area contributed by atoms with Gasteiger partial charge in [-0.15, -0.1) is 6.58 Å². The highest BCUT2D eigenvalue weighted by Gasteiger charge is 2.17. The minimum Gasteiger partial charge on any atom is -0.497 e. The molecule has 0 aliphatic rings. The van der Waals surface area contributed by atoms with Crippen LogP contribution < -0.4 is 10.1 Å². The molecule has 0 aliphatic carbocycles. The lowest BCUT2D eigenvalue weighted by Crippen LogP contribution is -2.39. The minimum atomic E-state index is -0.349. The Bertz CT molecular complexity index is 737. The number of hydrogen-bond acceptors (Lipinski definition) is 5. The summed E-state index contributed by atoms with van der Waals surface area (Å²) >= 11 is 0. The van der Waals surface area contributed by atoms with Gasteiger partial charge in [0.2, 0.25) is 11.8 Å². The predicted octanol–water partition coefficient (Wildman–Crippen LogP) is 2.19. The average Bonchev–Trinajstić information content (AvgIpc) is 2.99. The van der Waals surface area contributed by atoms with Crippen LogP contribution in [0.25, 0.3) is 0 Å². The van der Waals surface area contributed by atoms with Crippen molar-refractivity contribution in [3.63, 3.8) is 0 Å². The molecule has 1 aromatic carbocycles. The SMILES string of the molecule is C=CCN(CC(=O)Nc1cc(C)on1)C(=O)Cc1ccc(OC)cc1. The highest BCUT2D eigenvalue weighted by Crippen LogP contribution is 2.13. The zero-order valence-corrected chi connectivity index (χ0v) is 14.3. The van der Waals surface area contributed by atoms with Gasteiger partial charge in [-0.2, -0.15) is 0 Å². The Morgan fingerprint density at radius 3 is 2.64 bits per heavy atom. The maximum atomic E-state index is 12.5. The summed E-state index contributed by atoms with van der Waals surface area (Å²) < 4.78 is 9.99. The fourth-order valence-corrected chi connectivity index (χ4v) is 2.22. The molecule has 2 amide bonds. The second kappa shape index (κ2) is 8.68. The van der Waals surface area contributed by atoms with E-state index in [-0.39, 0.29) is 31.3 Å². The number of carbonyl (C=O) groups excluding carboxylic acids is 2. The van der Waals surface area contributed by atoms with Crippen molar-refractivity contribution in [3.05, 3.63) is 54.3 Å². The Kier molecular flexibility index (Phi) is 6.33. The summed E-state index contributed by atoms with van der Waals surface area (Å²) in [5, 5.41) is 6.29. The molecule has 2 rings (SSSR count). The van der Waals surface area contributed by atoms with Gasteiger partial charge in [0.05, 0.1) is 13.5 Å². The molecule has 1 aromatic heterocycles. The molecule has 0 fully saturated rings. The number of hydrogen-bond donors (Lipinski definition) is 1. The van der Waals surface area contributed by atoms with Crippen LogP contribution in [0.1, 0.15) is 11.3 Å². The van der Waals surface area contributed by atoms with Crippen LogP contribution in [0.3, 0.4) is 0 Å². The summed E-state index contributed by atoms with van der Waals surface area (Å²) in [7, 11) is 1.58. The van der Waals surface area contributed by atoms with Crippen molar-refractivity contribution < 1.29 is 18.8 Å². The number of benzene rings is 1. The molecule has 1 heterocycles. The topological polar surface area (TPSA) is 84.7 Å². The highest BCUT2D eigenvalue weighted by molar-refractivity contribution is 5.94. The fourth-order valence-electron chi connectivity index (χ4n) is 2.22. The van der Waals surface area contributed by atoms with E-state index in [2.05, 4.69) is 17.1 Å². The Balaban J connectivity index is 1.96. The number of aromatic nitrogens is 1. The van der Waals surface area contributed by atoms with Crippen molar-refractivity contribution in [1.82, 2.24) is 10.1 Å². The second-order valence-electron chi connectivity index (χ2n) is 5.46. The quantitative estimate of drug-likeness (QED) is 0.743. The molecule has 0 atom stereocenters. The molecular formula is C18H21N3O4. The van der Waals surface area contributed by atoms with Crippen molar-refractivity contribution in [2.75, 3.05) is 25.5 Å². The molecule has 7 nitrogen and oxygen atoms in total. The van der Waals surface area contributed by atoms with E-state index in [0.29, 0.717) is 11.6 Å². The molecule has 1 N–H and O–H groups in total. The molecule has 132 valence electrons. The monoisotopic (exact) mass is 343 g/mol. The van der Waals surface area contributed by atoms with Gasteiger partial charge >= 0.3 is 0 Å². The number of nitrogens with one attached hydrogen (secondary N) is 1. The molecule has 25 heavy (non-hydrogen) atoms. The van der Waals surface area contributed by atoms with E-state index in [1.54, 1.807) is 38.3 Å². The summed E-state index contributed by atoms with van der Waals surface area (Å²) in [6.07, 6.45) is 1.77. The third kappa shape index (κ3) is 5.49. The Labute approximate surface area is 146 Å². The Hall–Kier alpha value is -3.09. The largest absolute Gasteiger partial charge is 0.497 e. The summed E-state index contributed by atoms with van der Waals surface area (Å²) in [6, 6.07) is 8.83. The lowest BCUT2D eigenvalue weighted by atomic mass is 10.1. The van der Waals surface area contributed by atoms with E-state index in [1.807, 2.05) is 12.1 Å². The molecule has 0 bridgehead atoms. The number of carbonyl (C=O) groups is 2. The number of amides is 2. The number of methoxy groups -OCH3 is 1. The third-order valence-corrected chi connectivity index (χ3v) is 3.45. The van der Waals surface area contributed by atoms with Crippen molar-refractivity contribution in [2.45, 2.75) is 13.3 Å². The van der Waals surface area contributed by atoms with Gasteiger partial charge < -0.3 is 19.5 Å². The van der Waals surface area contributed by atoms with Gasteiger partial charge in [-0.05, 0) is 24.6 Å². The van der Waals surface area contributed by atoms with Gasteiger partial charge in [0.25, 0.3) is 0 Å². The maximum absolute atomic E-state index is 12.5. The van der Waals surface area contributed by atoms with Gasteiger partial charge in [0, 0.05) is 12.6 Å². The van der Waals surface area contributed by atoms with Crippen molar-refractivity contribution in [1.29, 1.82) is 0 Å². The first-order chi connectivity index (χ1) is 12.0. The van der Waals surface area contributed by atoms with Gasteiger partial charge in [-0.25, -0.2) is 0 Å². The molecule has 0 aliphatic heterocycles. The Morgan fingerprint density at radius 1 is 1.36 bits per heavy atom. The summed E-state index contributed by atoms with van der Waals surface area (Å²) in [4.78, 5) is 26.0. The van der Waals surface area contributed by atoms with E-state index < -0.39 is 0 Å². The van der Waals surface area contributed by atoms with Crippen LogP contribution in [0.2, 0.25) is 0 Å². The predicted molar refractivity (Wildman–Crippen MR) is 93.3 cm³/mol. The normalized spacial score (nSPS) is 10.2. The first-order valence-electron chi connectivity index (χ1n) is 7.76. The maximum Gasteiger partial charge on any atom is 0.245 e. The highest BCUT2D eigenvalue weighted by atomic mass is 16.5. The molecule has 2 aromatic rings. The number of rotatable bonds is 8. The summed E-state index contributed by atoms with van der Waals surface area (Å²) in [6.45, 7) is 5.55. The second-order valence-corrected chi connectivity index (χ2v) is 5.46. The van der Waals surface area contributed by atoms with E-state index in [0.717, 1.165) is 11.3 Å². The number of ether oxygens (including phenoxy) is 1. The average molecular weight is 343 g/mol. The minimum absolute atomic E-state index is 0.0904. The molecule has 7 heteroatoms. The number of anilines is 1. The smallest absolute Gasteiger partial charge is 0.245 e. The Morgan fingerprint density at radius 2 is 2.08 bits per heavy atom. The van der Waals surface area contributed by atoms with E-state index >= 15 is 0 Å². The van der Waals surface area contributed by atoms with Crippen molar-refractivity contribution >= 4 is 17.6 Å². The van der Waals surface area contributed by atoms with Crippen LogP contribution in [-0.2, 0) is 16.0 Å². The zero-order chi connectivity index (χ0) is 18.2. The van der Waals surface area contributed by atoms with E-state index in [1.165, 1.54) is 4.90 Å². The van der Waals surface area contributed by atoms with Crippen LogP contribution in [0.15, 0.2) is 47.5 Å². The zero-order valence-electron chi connectivity index (χ0n) is 14.3. The first-order valence-corrected chi connectivity index (χ1v) is 7.76. The van der Waals surface area contributed by atoms with E-state index in [4.69, 9.17) is 9.26 Å². The standard InChI is InChI=1S/C18H21N3O4/c1-4-9-21(12-17(22)19-16-10-13(2)25-20-16)18(23)11-14-5-7-15(24-3)8-6-14/h4-8,10H,1,9,11-12H2,2-3H3,(H,19,20,22). The van der Waals surface area contributed by atoms with Gasteiger partial charge in [0.1, 0.15) is 18.1 Å². The van der Waals surface area contributed by atoms with Gasteiger partial charge in [0.15, 0.2) is 5.82 Å². The molecule has 0 saturated heterocycles. The van der Waals surface area contributed by atoms with Crippen LogP contribution in [0.5, 0.6) is 5.75 Å². The van der Waals surface area contributed by atoms with Crippen LogP contribution in [-0.4, -0.2) is 42.1 Å². The molecular weight excluding hydrogens is 322 g/mol.